The van der Waals surface area contributed by atoms with Crippen molar-refractivity contribution in [2.24, 2.45) is 5.10 Å². The number of hydrogen-bond acceptors (Lipinski definition) is 5. The van der Waals surface area contributed by atoms with E-state index < -0.39 is 11.6 Å². The Morgan fingerprint density at radius 2 is 2.07 bits per heavy atom. The Labute approximate surface area is 158 Å². The largest absolute Gasteiger partial charge is 0.394 e. The predicted octanol–water partition coefficient (Wildman–Crippen LogP) is 0.680. The van der Waals surface area contributed by atoms with Gasteiger partial charge in [-0.3, -0.25) is 4.79 Å². The van der Waals surface area contributed by atoms with Crippen LogP contribution in [0.1, 0.15) is 12.0 Å². The van der Waals surface area contributed by atoms with Crippen LogP contribution in [0, 0.1) is 0 Å². The fraction of sp³-hybridized carbons (Fsp3) is 0.421. The van der Waals surface area contributed by atoms with Crippen molar-refractivity contribution in [2.45, 2.75) is 18.4 Å². The van der Waals surface area contributed by atoms with E-state index in [9.17, 15) is 9.59 Å². The molecule has 1 atom stereocenters. The van der Waals surface area contributed by atoms with Crippen LogP contribution in [0.15, 0.2) is 48.1 Å². The highest BCUT2D eigenvalue weighted by molar-refractivity contribution is 5.95. The van der Waals surface area contributed by atoms with Gasteiger partial charge < -0.3 is 20.5 Å². The third-order valence-electron chi connectivity index (χ3n) is 4.15. The number of hydrogen-bond donors (Lipinski definition) is 3. The summed E-state index contributed by atoms with van der Waals surface area (Å²) in [5, 5.41) is 19.6. The van der Waals surface area contributed by atoms with Crippen LogP contribution in [0.3, 0.4) is 0 Å². The molecule has 3 N–H and O–H groups in total. The van der Waals surface area contributed by atoms with Crippen LogP contribution >= 0.6 is 0 Å². The summed E-state index contributed by atoms with van der Waals surface area (Å²) in [6.07, 6.45) is 3.79. The highest BCUT2D eigenvalue weighted by atomic mass is 16.5. The van der Waals surface area contributed by atoms with Gasteiger partial charge in [0.25, 0.3) is 0 Å². The second kappa shape index (κ2) is 10.4. The molecule has 1 unspecified atom stereocenters. The summed E-state index contributed by atoms with van der Waals surface area (Å²) >= 11 is 0. The molecular formula is C19H26N4O4. The average Bonchev–Trinajstić information content (AvgIpc) is 3.11. The van der Waals surface area contributed by atoms with Gasteiger partial charge in [0.1, 0.15) is 0 Å². The molecule has 0 bridgehead atoms. The topological polar surface area (TPSA) is 103 Å². The van der Waals surface area contributed by atoms with Crippen LogP contribution in [0.25, 0.3) is 0 Å². The van der Waals surface area contributed by atoms with E-state index >= 15 is 0 Å². The van der Waals surface area contributed by atoms with Crippen LogP contribution in [0.4, 0.5) is 4.79 Å². The third-order valence-corrected chi connectivity index (χ3v) is 4.15. The van der Waals surface area contributed by atoms with E-state index in [1.54, 1.807) is 12.3 Å². The van der Waals surface area contributed by atoms with Crippen LogP contribution in [0.5, 0.6) is 0 Å². The number of rotatable bonds is 10. The molecule has 1 aromatic rings. The number of aliphatic hydroxyl groups excluding tert-OH is 1. The Bertz CT molecular complexity index is 665. The van der Waals surface area contributed by atoms with Gasteiger partial charge >= 0.3 is 6.03 Å². The Morgan fingerprint density at radius 3 is 2.78 bits per heavy atom. The van der Waals surface area contributed by atoms with E-state index in [0.29, 0.717) is 12.8 Å². The number of ether oxygens (including phenoxy) is 1. The Hall–Kier alpha value is -2.71. The smallest absolute Gasteiger partial charge is 0.339 e. The lowest BCUT2D eigenvalue weighted by Crippen LogP contribution is -2.60. The number of carbonyl (C=O) groups excluding carboxylic acids is 2. The van der Waals surface area contributed by atoms with Gasteiger partial charge in [0, 0.05) is 32.1 Å². The molecule has 2 rings (SSSR count). The second-order valence-electron chi connectivity index (χ2n) is 6.07. The Kier molecular flexibility index (Phi) is 7.97. The quantitative estimate of drug-likeness (QED) is 0.414. The van der Waals surface area contributed by atoms with Crippen molar-refractivity contribution in [1.82, 2.24) is 15.6 Å². The predicted molar refractivity (Wildman–Crippen MR) is 102 cm³/mol. The van der Waals surface area contributed by atoms with Gasteiger partial charge in [0.2, 0.25) is 5.91 Å². The van der Waals surface area contributed by atoms with Gasteiger partial charge in [0.15, 0.2) is 5.54 Å². The lowest BCUT2D eigenvalue weighted by molar-refractivity contribution is -0.131. The first-order chi connectivity index (χ1) is 13.1. The molecule has 1 heterocycles. The van der Waals surface area contributed by atoms with Crippen molar-refractivity contribution in [3.63, 3.8) is 0 Å². The van der Waals surface area contributed by atoms with Crippen molar-refractivity contribution in [3.05, 3.63) is 48.6 Å². The zero-order chi connectivity index (χ0) is 19.5. The van der Waals surface area contributed by atoms with Gasteiger partial charge in [-0.1, -0.05) is 36.4 Å². The van der Waals surface area contributed by atoms with Gasteiger partial charge in [-0.05, 0) is 5.56 Å². The van der Waals surface area contributed by atoms with Crippen molar-refractivity contribution < 1.29 is 19.4 Å². The normalized spacial score (nSPS) is 18.3. The number of benzene rings is 1. The molecule has 0 saturated carbocycles. The molecule has 1 aromatic carbocycles. The summed E-state index contributed by atoms with van der Waals surface area (Å²) in [5.74, 6) is -0.301. The summed E-state index contributed by atoms with van der Waals surface area (Å²) < 4.78 is 5.17. The molecule has 0 fully saturated rings. The number of hydrazone groups is 1. The Balaban J connectivity index is 2.16. The molecule has 1 aliphatic rings. The van der Waals surface area contributed by atoms with Gasteiger partial charge in [-0.15, -0.1) is 6.58 Å². The number of urea groups is 1. The highest BCUT2D eigenvalue weighted by Crippen LogP contribution is 2.29. The van der Waals surface area contributed by atoms with Crippen molar-refractivity contribution in [3.8, 4) is 0 Å². The molecule has 8 heteroatoms. The first-order valence-electron chi connectivity index (χ1n) is 8.86. The van der Waals surface area contributed by atoms with E-state index in [1.807, 2.05) is 30.3 Å². The molecule has 0 aliphatic carbocycles. The number of aliphatic hydroxyl groups is 1. The van der Waals surface area contributed by atoms with Crippen LogP contribution < -0.4 is 10.6 Å². The third kappa shape index (κ3) is 5.38. The molecule has 1 aliphatic heterocycles. The van der Waals surface area contributed by atoms with Crippen LogP contribution in [-0.2, 0) is 16.0 Å². The molecule has 8 nitrogen and oxygen atoms in total. The maximum atomic E-state index is 13.1. The molecule has 3 amide bonds. The molecule has 0 spiro atoms. The highest BCUT2D eigenvalue weighted by Gasteiger charge is 2.49. The first kappa shape index (κ1) is 20.6. The first-order valence-corrected chi connectivity index (χ1v) is 8.86. The van der Waals surface area contributed by atoms with Gasteiger partial charge in [0.05, 0.1) is 19.8 Å². The molecular weight excluding hydrogens is 348 g/mol. The van der Waals surface area contributed by atoms with E-state index in [4.69, 9.17) is 9.84 Å². The number of nitrogens with one attached hydrogen (secondary N) is 2. The van der Waals surface area contributed by atoms with Crippen molar-refractivity contribution >= 4 is 18.2 Å². The van der Waals surface area contributed by atoms with Crippen LogP contribution in [-0.4, -0.2) is 66.7 Å². The minimum Gasteiger partial charge on any atom is -0.394 e. The minimum atomic E-state index is -1.15. The molecule has 0 aromatic heterocycles. The lowest BCUT2D eigenvalue weighted by atomic mass is 9.87. The number of amides is 3. The maximum absolute atomic E-state index is 13.1. The van der Waals surface area contributed by atoms with Gasteiger partial charge in [-0.2, -0.15) is 10.1 Å². The van der Waals surface area contributed by atoms with E-state index in [0.717, 1.165) is 5.56 Å². The summed E-state index contributed by atoms with van der Waals surface area (Å²) in [6, 6.07) is 9.05. The second-order valence-corrected chi connectivity index (χ2v) is 6.07. The van der Waals surface area contributed by atoms with Crippen molar-refractivity contribution in [1.29, 1.82) is 0 Å². The fourth-order valence-electron chi connectivity index (χ4n) is 2.87. The molecule has 146 valence electrons. The summed E-state index contributed by atoms with van der Waals surface area (Å²) in [7, 11) is 0. The number of carbonyl (C=O) groups is 2. The minimum absolute atomic E-state index is 0.0724. The summed E-state index contributed by atoms with van der Waals surface area (Å²) in [5.41, 5.74) is -0.222. The standard InChI is InChI=1S/C19H26N4O4/c1-2-9-21-18(26)23-19(8-10-22-23,15-16-6-4-3-5-7-16)17(25)20-11-13-27-14-12-24/h2-7,10,24H,1,8-9,11-15H2,(H,20,25)(H,21,26). The molecule has 27 heavy (non-hydrogen) atoms. The molecule has 0 radical (unpaired) electrons. The van der Waals surface area contributed by atoms with Gasteiger partial charge in [-0.25, -0.2) is 4.79 Å². The zero-order valence-electron chi connectivity index (χ0n) is 15.3. The van der Waals surface area contributed by atoms with E-state index in [2.05, 4.69) is 22.3 Å². The SMILES string of the molecule is C=CCNC(=O)N1N=CCC1(Cc1ccccc1)C(=O)NCCOCCO. The van der Waals surface area contributed by atoms with E-state index in [1.165, 1.54) is 5.01 Å². The maximum Gasteiger partial charge on any atom is 0.339 e. The zero-order valence-corrected chi connectivity index (χ0v) is 15.3. The molecule has 0 saturated heterocycles. The monoisotopic (exact) mass is 374 g/mol. The van der Waals surface area contributed by atoms with Crippen molar-refractivity contribution in [2.75, 3.05) is 32.9 Å². The lowest BCUT2D eigenvalue weighted by Gasteiger charge is -2.35. The Morgan fingerprint density at radius 1 is 1.30 bits per heavy atom. The summed E-state index contributed by atoms with van der Waals surface area (Å²) in [6.45, 7) is 4.55. The average molecular weight is 374 g/mol. The van der Waals surface area contributed by atoms with Crippen LogP contribution in [0.2, 0.25) is 0 Å². The fourth-order valence-corrected chi connectivity index (χ4v) is 2.87. The summed E-state index contributed by atoms with van der Waals surface area (Å²) in [4.78, 5) is 25.6. The number of nitrogens with zero attached hydrogens (tertiary/aromatic N) is 2. The van der Waals surface area contributed by atoms with E-state index in [-0.39, 0.29) is 38.8 Å².